The number of H-pyrrole nitrogens is 1. The summed E-state index contributed by atoms with van der Waals surface area (Å²) in [5, 5.41) is 19.2. The summed E-state index contributed by atoms with van der Waals surface area (Å²) in [7, 11) is 0. The van der Waals surface area contributed by atoms with Crippen LogP contribution in [0.3, 0.4) is 0 Å². The van der Waals surface area contributed by atoms with Gasteiger partial charge in [-0.3, -0.25) is 4.79 Å². The van der Waals surface area contributed by atoms with Crippen LogP contribution in [0.5, 0.6) is 0 Å². The number of carbonyl (C=O) groups excluding carboxylic acids is 3. The quantitative estimate of drug-likeness (QED) is 0.325. The Balaban J connectivity index is 2.43. The van der Waals surface area contributed by atoms with Crippen molar-refractivity contribution < 1.29 is 28.8 Å². The lowest BCUT2D eigenvalue weighted by atomic mass is 10.1. The molecule has 1 amide bonds. The molecule has 0 fully saturated rings. The smallest absolute Gasteiger partial charge is 0.357 e. The summed E-state index contributed by atoms with van der Waals surface area (Å²) in [6, 6.07) is 0. The highest BCUT2D eigenvalue weighted by molar-refractivity contribution is 9.10. The molecule has 2 rings (SSSR count). The number of amides is 1. The number of anilines is 1. The van der Waals surface area contributed by atoms with E-state index in [9.17, 15) is 24.5 Å². The van der Waals surface area contributed by atoms with Crippen molar-refractivity contribution in [1.29, 1.82) is 0 Å². The fourth-order valence-corrected chi connectivity index (χ4v) is 3.84. The normalized spacial score (nSPS) is 10.5. The molecule has 0 spiro atoms. The highest BCUT2D eigenvalue weighted by Gasteiger charge is 2.30. The van der Waals surface area contributed by atoms with Gasteiger partial charge in [0.2, 0.25) is 0 Å². The summed E-state index contributed by atoms with van der Waals surface area (Å²) in [6.45, 7) is 5.30. The number of nitro groups is 1. The number of nitrogens with one attached hydrogen (secondary N) is 2. The van der Waals surface area contributed by atoms with Crippen LogP contribution in [0.4, 0.5) is 10.8 Å². The molecule has 2 aromatic rings. The van der Waals surface area contributed by atoms with Crippen molar-refractivity contribution >= 4 is 55.9 Å². The van der Waals surface area contributed by atoms with Gasteiger partial charge < -0.3 is 24.9 Å². The molecule has 13 heteroatoms. The van der Waals surface area contributed by atoms with Crippen LogP contribution < -0.4 is 5.32 Å². The molecule has 29 heavy (non-hydrogen) atoms. The Kier molecular flexibility index (Phi) is 7.45. The van der Waals surface area contributed by atoms with Gasteiger partial charge in [-0.25, -0.2) is 9.59 Å². The minimum Gasteiger partial charge on any atom is -0.462 e. The monoisotopic (exact) mass is 488 g/mol. The number of esters is 2. The molecule has 0 bridgehead atoms. The highest BCUT2D eigenvalue weighted by Crippen LogP contribution is 2.35. The first-order chi connectivity index (χ1) is 13.7. The lowest BCUT2D eigenvalue weighted by Crippen LogP contribution is -2.16. The van der Waals surface area contributed by atoms with Gasteiger partial charge in [0.1, 0.15) is 14.4 Å². The second-order valence-electron chi connectivity index (χ2n) is 5.56. The first kappa shape index (κ1) is 22.5. The average molecular weight is 489 g/mol. The minimum atomic E-state index is -0.817. The molecule has 0 saturated heterocycles. The molecule has 0 aliphatic carbocycles. The lowest BCUT2D eigenvalue weighted by Gasteiger charge is -2.06. The van der Waals surface area contributed by atoms with Crippen LogP contribution in [0.1, 0.15) is 56.3 Å². The molecule has 0 saturated carbocycles. The summed E-state index contributed by atoms with van der Waals surface area (Å²) in [5.41, 5.74) is 0.0336. The average Bonchev–Trinajstić information content (AvgIpc) is 3.20. The molecule has 2 aromatic heterocycles. The molecule has 156 valence electrons. The third-order valence-corrected chi connectivity index (χ3v) is 5.50. The Labute approximate surface area is 177 Å². The summed E-state index contributed by atoms with van der Waals surface area (Å²) < 4.78 is 9.98. The van der Waals surface area contributed by atoms with E-state index in [-0.39, 0.29) is 38.8 Å². The zero-order valence-electron chi connectivity index (χ0n) is 15.7. The summed E-state index contributed by atoms with van der Waals surface area (Å²) in [4.78, 5) is 47.5. The van der Waals surface area contributed by atoms with Crippen molar-refractivity contribution in [2.24, 2.45) is 0 Å². The third-order valence-electron chi connectivity index (χ3n) is 3.56. The number of rotatable bonds is 8. The number of hydrogen-bond acceptors (Lipinski definition) is 9. The van der Waals surface area contributed by atoms with Gasteiger partial charge in [0.25, 0.3) is 5.91 Å². The Morgan fingerprint density at radius 1 is 1.28 bits per heavy atom. The number of hydrogen-bond donors (Lipinski definition) is 2. The Morgan fingerprint density at radius 2 is 1.97 bits per heavy atom. The zero-order valence-corrected chi connectivity index (χ0v) is 18.1. The Bertz CT molecular complexity index is 969. The van der Waals surface area contributed by atoms with Crippen molar-refractivity contribution in [3.63, 3.8) is 0 Å². The van der Waals surface area contributed by atoms with E-state index in [0.717, 1.165) is 11.3 Å². The molecule has 0 unspecified atom stereocenters. The van der Waals surface area contributed by atoms with Crippen molar-refractivity contribution in [3.8, 4) is 0 Å². The van der Waals surface area contributed by atoms with Crippen LogP contribution in [0.2, 0.25) is 0 Å². The zero-order chi connectivity index (χ0) is 21.7. The van der Waals surface area contributed by atoms with Crippen molar-refractivity contribution in [1.82, 2.24) is 10.2 Å². The van der Waals surface area contributed by atoms with Crippen molar-refractivity contribution in [2.75, 3.05) is 18.5 Å². The topological polar surface area (TPSA) is 154 Å². The largest absolute Gasteiger partial charge is 0.462 e. The van der Waals surface area contributed by atoms with Crippen molar-refractivity contribution in [2.45, 2.75) is 27.2 Å². The Morgan fingerprint density at radius 3 is 2.52 bits per heavy atom. The summed E-state index contributed by atoms with van der Waals surface area (Å²) in [6.07, 6.45) is 0.589. The summed E-state index contributed by atoms with van der Waals surface area (Å²) >= 11 is 3.80. The van der Waals surface area contributed by atoms with Crippen LogP contribution >= 0.6 is 27.3 Å². The van der Waals surface area contributed by atoms with Gasteiger partial charge in [-0.1, -0.05) is 12.0 Å². The van der Waals surface area contributed by atoms with E-state index in [1.54, 1.807) is 6.92 Å². The predicted octanol–water partition coefficient (Wildman–Crippen LogP) is 3.45. The minimum absolute atomic E-state index is 0.0148. The van der Waals surface area contributed by atoms with Gasteiger partial charge in [0.15, 0.2) is 5.69 Å². The van der Waals surface area contributed by atoms with Crippen LogP contribution in [0.25, 0.3) is 0 Å². The second kappa shape index (κ2) is 9.60. The fraction of sp³-hybridized carbons (Fsp3) is 0.375. The van der Waals surface area contributed by atoms with E-state index in [4.69, 9.17) is 9.47 Å². The lowest BCUT2D eigenvalue weighted by molar-refractivity contribution is -0.390. The number of thiophene rings is 1. The van der Waals surface area contributed by atoms with Crippen LogP contribution in [-0.4, -0.2) is 46.2 Å². The SMILES string of the molecule is CCCOC(=O)c1c(NC(=O)c2n[nH]c([N+](=O)[O-])c2Br)sc(C(=O)OCC)c1C. The molecular formula is C16H17BrN4O7S. The maximum atomic E-state index is 12.6. The standard InChI is InChI=1S/C16H17BrN4O7S/c1-4-6-28-15(23)8-7(3)11(16(24)27-5-2)29-14(8)18-13(22)10-9(17)12(20-19-10)21(25)26/h4-6H2,1-3H3,(H,18,22)(H,19,20). The van der Waals surface area contributed by atoms with E-state index in [0.29, 0.717) is 12.0 Å². The maximum Gasteiger partial charge on any atom is 0.357 e. The number of carbonyl (C=O) groups is 3. The third kappa shape index (κ3) is 4.79. The molecule has 0 aliphatic heterocycles. The van der Waals surface area contributed by atoms with Crippen LogP contribution in [0.15, 0.2) is 4.47 Å². The van der Waals surface area contributed by atoms with Gasteiger partial charge in [-0.2, -0.15) is 0 Å². The van der Waals surface area contributed by atoms with E-state index >= 15 is 0 Å². The first-order valence-electron chi connectivity index (χ1n) is 8.40. The van der Waals surface area contributed by atoms with Gasteiger partial charge in [0, 0.05) is 0 Å². The van der Waals surface area contributed by atoms with Gasteiger partial charge in [-0.05, 0) is 46.7 Å². The highest BCUT2D eigenvalue weighted by atomic mass is 79.9. The Hall–Kier alpha value is -2.80. The summed E-state index contributed by atoms with van der Waals surface area (Å²) in [5.74, 6) is -2.66. The number of ether oxygens (including phenoxy) is 2. The van der Waals surface area contributed by atoms with E-state index in [2.05, 4.69) is 31.4 Å². The number of aromatic amines is 1. The van der Waals surface area contributed by atoms with Gasteiger partial charge in [0.05, 0.1) is 18.8 Å². The molecule has 0 aromatic carbocycles. The van der Waals surface area contributed by atoms with Crippen LogP contribution in [0, 0.1) is 17.0 Å². The molecular weight excluding hydrogens is 472 g/mol. The molecule has 0 aliphatic rings. The van der Waals surface area contributed by atoms with E-state index < -0.39 is 28.6 Å². The molecule has 11 nitrogen and oxygen atoms in total. The van der Waals surface area contributed by atoms with E-state index in [1.807, 2.05) is 6.92 Å². The van der Waals surface area contributed by atoms with Crippen LogP contribution in [-0.2, 0) is 9.47 Å². The van der Waals surface area contributed by atoms with Gasteiger partial charge in [-0.15, -0.1) is 16.4 Å². The second-order valence-corrected chi connectivity index (χ2v) is 7.38. The number of nitrogens with zero attached hydrogens (tertiary/aromatic N) is 2. The van der Waals surface area contributed by atoms with E-state index in [1.165, 1.54) is 6.92 Å². The number of halogens is 1. The molecule has 0 radical (unpaired) electrons. The van der Waals surface area contributed by atoms with Crippen molar-refractivity contribution in [3.05, 3.63) is 36.3 Å². The maximum absolute atomic E-state index is 12.6. The molecule has 2 N–H and O–H groups in total. The molecule has 2 heterocycles. The fourth-order valence-electron chi connectivity index (χ4n) is 2.26. The predicted molar refractivity (Wildman–Crippen MR) is 106 cm³/mol. The first-order valence-corrected chi connectivity index (χ1v) is 10.0. The number of aromatic nitrogens is 2. The van der Waals surface area contributed by atoms with Gasteiger partial charge >= 0.3 is 17.8 Å². The molecule has 0 atom stereocenters.